The fourth-order valence-corrected chi connectivity index (χ4v) is 2.63. The Morgan fingerprint density at radius 2 is 1.91 bits per heavy atom. The molecular weight excluding hydrogens is 295 g/mol. The molecule has 3 nitrogen and oxygen atoms in total. The van der Waals surface area contributed by atoms with Crippen molar-refractivity contribution in [3.63, 3.8) is 0 Å². The van der Waals surface area contributed by atoms with Gasteiger partial charge in [0.15, 0.2) is 0 Å². The number of benzene rings is 1. The SMILES string of the molecule is COc1ccc(C=C2CCCc3c2noc3C(F)(F)F)cc1. The smallest absolute Gasteiger partial charge is 0.452 e. The van der Waals surface area contributed by atoms with Crippen molar-refractivity contribution in [1.29, 1.82) is 0 Å². The van der Waals surface area contributed by atoms with Gasteiger partial charge in [-0.3, -0.25) is 0 Å². The molecule has 0 atom stereocenters. The predicted octanol–water partition coefficient (Wildman–Crippen LogP) is 4.58. The lowest BCUT2D eigenvalue weighted by Gasteiger charge is -2.14. The number of halogens is 3. The highest BCUT2D eigenvalue weighted by Gasteiger charge is 2.41. The molecule has 0 aliphatic heterocycles. The number of methoxy groups -OCH3 is 1. The van der Waals surface area contributed by atoms with Crippen LogP contribution in [-0.4, -0.2) is 12.3 Å². The summed E-state index contributed by atoms with van der Waals surface area (Å²) >= 11 is 0. The van der Waals surface area contributed by atoms with E-state index in [-0.39, 0.29) is 5.56 Å². The number of fused-ring (bicyclic) bond motifs is 1. The van der Waals surface area contributed by atoms with Gasteiger partial charge in [0.05, 0.1) is 7.11 Å². The lowest BCUT2D eigenvalue weighted by atomic mass is 9.90. The molecule has 0 bridgehead atoms. The van der Waals surface area contributed by atoms with Crippen LogP contribution in [0.25, 0.3) is 11.6 Å². The normalized spacial score (nSPS) is 16.6. The zero-order valence-corrected chi connectivity index (χ0v) is 11.9. The maximum absolute atomic E-state index is 12.9. The Balaban J connectivity index is 1.97. The molecule has 0 unspecified atom stereocenters. The van der Waals surface area contributed by atoms with Crippen LogP contribution >= 0.6 is 0 Å². The second-order valence-electron chi connectivity index (χ2n) is 5.13. The molecule has 1 aliphatic rings. The number of hydrogen-bond acceptors (Lipinski definition) is 3. The van der Waals surface area contributed by atoms with E-state index in [4.69, 9.17) is 4.74 Å². The molecule has 0 radical (unpaired) electrons. The largest absolute Gasteiger partial charge is 0.497 e. The van der Waals surface area contributed by atoms with Gasteiger partial charge >= 0.3 is 6.18 Å². The van der Waals surface area contributed by atoms with E-state index in [2.05, 4.69) is 9.68 Å². The fraction of sp³-hybridized carbons (Fsp3) is 0.312. The van der Waals surface area contributed by atoms with Crippen LogP contribution in [0, 0.1) is 0 Å². The highest BCUT2D eigenvalue weighted by molar-refractivity contribution is 5.82. The molecule has 3 rings (SSSR count). The highest BCUT2D eigenvalue weighted by Crippen LogP contribution is 2.40. The molecule has 0 amide bonds. The Bertz CT molecular complexity index is 699. The van der Waals surface area contributed by atoms with E-state index in [1.54, 1.807) is 19.2 Å². The van der Waals surface area contributed by atoms with Crippen LogP contribution in [0.1, 0.15) is 35.4 Å². The molecule has 6 heteroatoms. The van der Waals surface area contributed by atoms with E-state index in [0.717, 1.165) is 16.9 Å². The molecule has 1 aromatic carbocycles. The van der Waals surface area contributed by atoms with Gasteiger partial charge in [0, 0.05) is 5.56 Å². The number of hydrogen-bond donors (Lipinski definition) is 0. The molecule has 0 N–H and O–H groups in total. The van der Waals surface area contributed by atoms with Crippen molar-refractivity contribution in [3.8, 4) is 5.75 Å². The fourth-order valence-electron chi connectivity index (χ4n) is 2.63. The molecule has 0 saturated heterocycles. The first-order valence-corrected chi connectivity index (χ1v) is 6.90. The lowest BCUT2D eigenvalue weighted by Crippen LogP contribution is -2.09. The van der Waals surface area contributed by atoms with Crippen molar-refractivity contribution in [1.82, 2.24) is 5.16 Å². The van der Waals surface area contributed by atoms with Crippen molar-refractivity contribution in [2.24, 2.45) is 0 Å². The minimum atomic E-state index is -4.50. The van der Waals surface area contributed by atoms with E-state index >= 15 is 0 Å². The lowest BCUT2D eigenvalue weighted by molar-refractivity contribution is -0.156. The second kappa shape index (κ2) is 5.51. The Labute approximate surface area is 125 Å². The van der Waals surface area contributed by atoms with Crippen molar-refractivity contribution < 1.29 is 22.4 Å². The Morgan fingerprint density at radius 1 is 1.18 bits per heavy atom. The Kier molecular flexibility index (Phi) is 3.68. The summed E-state index contributed by atoms with van der Waals surface area (Å²) in [6.07, 6.45) is -0.973. The maximum atomic E-state index is 12.9. The topological polar surface area (TPSA) is 35.3 Å². The third-order valence-corrected chi connectivity index (χ3v) is 3.68. The van der Waals surface area contributed by atoms with Crippen LogP contribution in [0.15, 0.2) is 28.8 Å². The molecule has 116 valence electrons. The summed E-state index contributed by atoms with van der Waals surface area (Å²) in [7, 11) is 1.58. The monoisotopic (exact) mass is 309 g/mol. The van der Waals surface area contributed by atoms with Crippen LogP contribution in [0.4, 0.5) is 13.2 Å². The molecule has 0 spiro atoms. The zero-order chi connectivity index (χ0) is 15.7. The van der Waals surface area contributed by atoms with E-state index < -0.39 is 11.9 Å². The van der Waals surface area contributed by atoms with Crippen LogP contribution in [0.2, 0.25) is 0 Å². The van der Waals surface area contributed by atoms with Crippen LogP contribution in [0.3, 0.4) is 0 Å². The molecule has 1 aliphatic carbocycles. The van der Waals surface area contributed by atoms with Crippen molar-refractivity contribution in [3.05, 3.63) is 46.8 Å². The Hall–Kier alpha value is -2.24. The maximum Gasteiger partial charge on any atom is 0.452 e. The summed E-state index contributed by atoms with van der Waals surface area (Å²) < 4.78 is 48.3. The molecule has 1 heterocycles. The average molecular weight is 309 g/mol. The molecule has 0 fully saturated rings. The molecular formula is C16H14F3NO2. The van der Waals surface area contributed by atoms with Crippen molar-refractivity contribution in [2.75, 3.05) is 7.11 Å². The van der Waals surface area contributed by atoms with Gasteiger partial charge in [-0.05, 0) is 48.6 Å². The summed E-state index contributed by atoms with van der Waals surface area (Å²) in [6, 6.07) is 7.32. The number of aromatic nitrogens is 1. The minimum Gasteiger partial charge on any atom is -0.497 e. The molecule has 2 aromatic rings. The van der Waals surface area contributed by atoms with Gasteiger partial charge in [0.1, 0.15) is 11.4 Å². The first-order chi connectivity index (χ1) is 10.5. The number of rotatable bonds is 2. The van der Waals surface area contributed by atoms with Gasteiger partial charge < -0.3 is 9.26 Å². The van der Waals surface area contributed by atoms with Crippen molar-refractivity contribution in [2.45, 2.75) is 25.4 Å². The van der Waals surface area contributed by atoms with E-state index in [1.807, 2.05) is 18.2 Å². The summed E-state index contributed by atoms with van der Waals surface area (Å²) in [5.41, 5.74) is 2.15. The van der Waals surface area contributed by atoms with E-state index in [0.29, 0.717) is 25.0 Å². The van der Waals surface area contributed by atoms with Gasteiger partial charge in [0.2, 0.25) is 5.76 Å². The van der Waals surface area contributed by atoms with E-state index in [1.165, 1.54) is 0 Å². The van der Waals surface area contributed by atoms with E-state index in [9.17, 15) is 13.2 Å². The van der Waals surface area contributed by atoms with Gasteiger partial charge in [-0.15, -0.1) is 0 Å². The number of nitrogens with zero attached hydrogens (tertiary/aromatic N) is 1. The quantitative estimate of drug-likeness (QED) is 0.814. The molecule has 0 saturated carbocycles. The Morgan fingerprint density at radius 3 is 2.55 bits per heavy atom. The number of ether oxygens (including phenoxy) is 1. The average Bonchev–Trinajstić information content (AvgIpc) is 2.93. The van der Waals surface area contributed by atoms with Crippen LogP contribution < -0.4 is 4.74 Å². The third kappa shape index (κ3) is 2.73. The molecule has 1 aromatic heterocycles. The summed E-state index contributed by atoms with van der Waals surface area (Å²) in [5, 5.41) is 3.65. The van der Waals surface area contributed by atoms with Crippen molar-refractivity contribution >= 4 is 11.6 Å². The molecule has 22 heavy (non-hydrogen) atoms. The first-order valence-electron chi connectivity index (χ1n) is 6.90. The summed E-state index contributed by atoms with van der Waals surface area (Å²) in [5.74, 6) is -0.241. The van der Waals surface area contributed by atoms with Crippen LogP contribution in [0.5, 0.6) is 5.75 Å². The highest BCUT2D eigenvalue weighted by atomic mass is 19.4. The standard InChI is InChI=1S/C16H14F3NO2/c1-21-12-7-5-10(6-8-12)9-11-3-2-4-13-14(11)20-22-15(13)16(17,18)19/h5-9H,2-4H2,1H3. The third-order valence-electron chi connectivity index (χ3n) is 3.68. The number of alkyl halides is 3. The minimum absolute atomic E-state index is 0.165. The summed E-state index contributed by atoms with van der Waals surface area (Å²) in [6.45, 7) is 0. The zero-order valence-electron chi connectivity index (χ0n) is 11.9. The first kappa shape index (κ1) is 14.7. The second-order valence-corrected chi connectivity index (χ2v) is 5.13. The summed E-state index contributed by atoms with van der Waals surface area (Å²) in [4.78, 5) is 0. The van der Waals surface area contributed by atoms with Crippen LogP contribution in [-0.2, 0) is 12.6 Å². The van der Waals surface area contributed by atoms with Gasteiger partial charge in [-0.2, -0.15) is 13.2 Å². The number of allylic oxidation sites excluding steroid dienone is 1. The predicted molar refractivity (Wildman–Crippen MR) is 75.3 cm³/mol. The van der Waals surface area contributed by atoms with Gasteiger partial charge in [0.25, 0.3) is 0 Å². The van der Waals surface area contributed by atoms with Gasteiger partial charge in [-0.1, -0.05) is 17.3 Å². The van der Waals surface area contributed by atoms with Gasteiger partial charge in [-0.25, -0.2) is 0 Å².